The number of carbonyl (C=O) groups is 1. The fraction of sp³-hybridized carbons (Fsp3) is 0.632. The number of pyridine rings is 1. The van der Waals surface area contributed by atoms with E-state index >= 15 is 0 Å². The van der Waals surface area contributed by atoms with Crippen LogP contribution in [0.3, 0.4) is 0 Å². The lowest BCUT2D eigenvalue weighted by Crippen LogP contribution is -2.54. The van der Waals surface area contributed by atoms with Gasteiger partial charge in [0, 0.05) is 58.2 Å². The molecule has 0 unspecified atom stereocenters. The van der Waals surface area contributed by atoms with Crippen LogP contribution in [0.2, 0.25) is 0 Å². The Hall–Kier alpha value is -1.42. The highest BCUT2D eigenvalue weighted by molar-refractivity contribution is 14.0. The predicted molar refractivity (Wildman–Crippen MR) is 119 cm³/mol. The molecule has 0 aromatic carbocycles. The maximum Gasteiger partial charge on any atom is 0.234 e. The van der Waals surface area contributed by atoms with Crippen LogP contribution in [0, 0.1) is 6.92 Å². The summed E-state index contributed by atoms with van der Waals surface area (Å²) in [6.07, 6.45) is 6.98. The summed E-state index contributed by atoms with van der Waals surface area (Å²) in [6.45, 7) is 7.02. The normalized spacial score (nSPS) is 18.0. The van der Waals surface area contributed by atoms with Crippen molar-refractivity contribution in [3.05, 3.63) is 29.6 Å². The number of aromatic nitrogens is 1. The maximum absolute atomic E-state index is 11.9. The molecule has 0 atom stereocenters. The van der Waals surface area contributed by atoms with Crippen molar-refractivity contribution in [2.45, 2.75) is 32.2 Å². The van der Waals surface area contributed by atoms with Crippen molar-refractivity contribution in [3.8, 4) is 0 Å². The average Bonchev–Trinajstić information content (AvgIpc) is 3.45. The Kier molecular flexibility index (Phi) is 8.75. The number of guanidine groups is 1. The minimum atomic E-state index is 0. The van der Waals surface area contributed by atoms with E-state index in [4.69, 9.17) is 0 Å². The van der Waals surface area contributed by atoms with Gasteiger partial charge in [0.15, 0.2) is 5.96 Å². The lowest BCUT2D eigenvalue weighted by atomic mass is 10.1. The van der Waals surface area contributed by atoms with Crippen LogP contribution in [0.15, 0.2) is 23.5 Å². The molecule has 0 spiro atoms. The van der Waals surface area contributed by atoms with Gasteiger partial charge in [-0.05, 0) is 43.4 Å². The second-order valence-corrected chi connectivity index (χ2v) is 7.13. The Bertz CT molecular complexity index is 641. The zero-order valence-corrected chi connectivity index (χ0v) is 18.6. The van der Waals surface area contributed by atoms with Crippen molar-refractivity contribution < 1.29 is 4.79 Å². The highest BCUT2D eigenvalue weighted by atomic mass is 127. The van der Waals surface area contributed by atoms with Gasteiger partial charge in [0.1, 0.15) is 0 Å². The summed E-state index contributed by atoms with van der Waals surface area (Å²) >= 11 is 0. The number of aryl methyl sites for hydroxylation is 1. The summed E-state index contributed by atoms with van der Waals surface area (Å²) in [5, 5.41) is 6.52. The second kappa shape index (κ2) is 10.8. The van der Waals surface area contributed by atoms with E-state index in [-0.39, 0.29) is 29.9 Å². The molecule has 1 aliphatic carbocycles. The Morgan fingerprint density at radius 3 is 2.67 bits per heavy atom. The Balaban J connectivity index is 0.00000261. The Labute approximate surface area is 179 Å². The van der Waals surface area contributed by atoms with Crippen molar-refractivity contribution in [1.29, 1.82) is 0 Å². The summed E-state index contributed by atoms with van der Waals surface area (Å²) < 4.78 is 0. The molecule has 1 aromatic heterocycles. The quantitative estimate of drug-likeness (QED) is 0.357. The van der Waals surface area contributed by atoms with Crippen molar-refractivity contribution in [3.63, 3.8) is 0 Å². The van der Waals surface area contributed by atoms with E-state index in [1.807, 2.05) is 19.4 Å². The van der Waals surface area contributed by atoms with Gasteiger partial charge in [-0.1, -0.05) is 0 Å². The highest BCUT2D eigenvalue weighted by Gasteiger charge is 2.25. The fourth-order valence-corrected chi connectivity index (χ4v) is 3.25. The third kappa shape index (κ3) is 6.91. The predicted octanol–water partition coefficient (Wildman–Crippen LogP) is 1.02. The van der Waals surface area contributed by atoms with E-state index in [9.17, 15) is 4.79 Å². The molecule has 7 nitrogen and oxygen atoms in total. The molecule has 0 radical (unpaired) electrons. The van der Waals surface area contributed by atoms with E-state index in [2.05, 4.69) is 43.4 Å². The smallest absolute Gasteiger partial charge is 0.234 e. The number of rotatable bonds is 6. The number of hydrogen-bond donors (Lipinski definition) is 2. The van der Waals surface area contributed by atoms with Gasteiger partial charge in [0.05, 0.1) is 6.54 Å². The van der Waals surface area contributed by atoms with Crippen LogP contribution in [0.5, 0.6) is 0 Å². The molecule has 27 heavy (non-hydrogen) atoms. The zero-order chi connectivity index (χ0) is 18.4. The molecule has 1 saturated carbocycles. The molecule has 3 rings (SSSR count). The third-order valence-electron chi connectivity index (χ3n) is 5.01. The number of halogens is 1. The second-order valence-electron chi connectivity index (χ2n) is 7.13. The zero-order valence-electron chi connectivity index (χ0n) is 16.3. The van der Waals surface area contributed by atoms with Crippen LogP contribution in [0.4, 0.5) is 0 Å². The van der Waals surface area contributed by atoms with Crippen molar-refractivity contribution >= 4 is 35.8 Å². The molecule has 2 fully saturated rings. The molecule has 0 bridgehead atoms. The molecular formula is C19H31IN6O. The number of piperazine rings is 1. The molecule has 1 saturated heterocycles. The highest BCUT2D eigenvalue weighted by Crippen LogP contribution is 2.18. The van der Waals surface area contributed by atoms with Crippen LogP contribution >= 0.6 is 24.0 Å². The summed E-state index contributed by atoms with van der Waals surface area (Å²) in [4.78, 5) is 25.0. The number of amides is 1. The van der Waals surface area contributed by atoms with Crippen LogP contribution < -0.4 is 10.6 Å². The molecule has 1 amide bonds. The summed E-state index contributed by atoms with van der Waals surface area (Å²) in [6, 6.07) is 2.52. The lowest BCUT2D eigenvalue weighted by molar-refractivity contribution is -0.122. The molecule has 2 N–H and O–H groups in total. The number of aliphatic imine (C=N–C) groups is 1. The molecule has 2 heterocycles. The van der Waals surface area contributed by atoms with E-state index in [0.717, 1.165) is 57.9 Å². The first-order chi connectivity index (χ1) is 12.7. The van der Waals surface area contributed by atoms with Crippen LogP contribution in [-0.2, 0) is 11.2 Å². The van der Waals surface area contributed by atoms with E-state index in [0.29, 0.717) is 12.6 Å². The number of carbonyl (C=O) groups excluding carboxylic acids is 1. The van der Waals surface area contributed by atoms with Crippen molar-refractivity contribution in [1.82, 2.24) is 25.4 Å². The fourth-order valence-electron chi connectivity index (χ4n) is 3.25. The lowest BCUT2D eigenvalue weighted by Gasteiger charge is -2.36. The number of nitrogens with zero attached hydrogens (tertiary/aromatic N) is 4. The standard InChI is InChI=1S/C19H30N6O.HI/c1-15-13-21-7-5-16(15)6-8-22-19(20-2)25-11-9-24(10-12-25)14-18(26)23-17-3-4-17;/h5,7,13,17H,3-4,6,8-12,14H2,1-2H3,(H,20,22)(H,23,26);1H. The Morgan fingerprint density at radius 2 is 2.04 bits per heavy atom. The van der Waals surface area contributed by atoms with Gasteiger partial charge in [-0.15, -0.1) is 24.0 Å². The first-order valence-electron chi connectivity index (χ1n) is 9.52. The third-order valence-corrected chi connectivity index (χ3v) is 5.01. The topological polar surface area (TPSA) is 72.9 Å². The molecule has 150 valence electrons. The Morgan fingerprint density at radius 1 is 1.30 bits per heavy atom. The first-order valence-corrected chi connectivity index (χ1v) is 9.52. The van der Waals surface area contributed by atoms with E-state index in [1.54, 1.807) is 0 Å². The molecule has 1 aliphatic heterocycles. The molecule has 1 aromatic rings. The monoisotopic (exact) mass is 486 g/mol. The van der Waals surface area contributed by atoms with Crippen LogP contribution in [0.25, 0.3) is 0 Å². The van der Waals surface area contributed by atoms with Gasteiger partial charge < -0.3 is 15.5 Å². The summed E-state index contributed by atoms with van der Waals surface area (Å²) in [5.41, 5.74) is 2.54. The van der Waals surface area contributed by atoms with Crippen LogP contribution in [-0.4, -0.2) is 79.0 Å². The van der Waals surface area contributed by atoms with E-state index < -0.39 is 0 Å². The van der Waals surface area contributed by atoms with E-state index in [1.165, 1.54) is 11.1 Å². The van der Waals surface area contributed by atoms with Crippen molar-refractivity contribution in [2.75, 3.05) is 46.3 Å². The SMILES string of the molecule is CN=C(NCCc1ccncc1C)N1CCN(CC(=O)NC2CC2)CC1.I. The number of hydrogen-bond acceptors (Lipinski definition) is 4. The molecular weight excluding hydrogens is 455 g/mol. The van der Waals surface area contributed by atoms with Crippen LogP contribution in [0.1, 0.15) is 24.0 Å². The average molecular weight is 486 g/mol. The largest absolute Gasteiger partial charge is 0.356 e. The number of nitrogens with one attached hydrogen (secondary N) is 2. The van der Waals surface area contributed by atoms with Gasteiger partial charge in [-0.2, -0.15) is 0 Å². The molecule has 2 aliphatic rings. The summed E-state index contributed by atoms with van der Waals surface area (Å²) in [7, 11) is 1.83. The minimum Gasteiger partial charge on any atom is -0.356 e. The van der Waals surface area contributed by atoms with Gasteiger partial charge in [-0.3, -0.25) is 19.7 Å². The minimum absolute atomic E-state index is 0. The summed E-state index contributed by atoms with van der Waals surface area (Å²) in [5.74, 6) is 1.11. The van der Waals surface area contributed by atoms with Crippen molar-refractivity contribution in [2.24, 2.45) is 4.99 Å². The van der Waals surface area contributed by atoms with Gasteiger partial charge >= 0.3 is 0 Å². The van der Waals surface area contributed by atoms with Gasteiger partial charge in [0.2, 0.25) is 5.91 Å². The maximum atomic E-state index is 11.9. The van der Waals surface area contributed by atoms with Gasteiger partial charge in [0.25, 0.3) is 0 Å². The van der Waals surface area contributed by atoms with Gasteiger partial charge in [-0.25, -0.2) is 0 Å². The first kappa shape index (κ1) is 21.9. The molecule has 8 heteroatoms.